The van der Waals surface area contributed by atoms with Crippen LogP contribution in [0.4, 0.5) is 4.79 Å². The van der Waals surface area contributed by atoms with Crippen LogP contribution in [-0.4, -0.2) is 41.8 Å². The molecule has 0 spiro atoms. The minimum atomic E-state index is -0.412. The van der Waals surface area contributed by atoms with Gasteiger partial charge in [-0.05, 0) is 58.3 Å². The van der Waals surface area contributed by atoms with E-state index in [1.165, 1.54) is 25.7 Å². The Bertz CT molecular complexity index is 383. The number of carbonyl (C=O) groups is 1. The van der Waals surface area contributed by atoms with Crippen LogP contribution in [0.15, 0.2) is 0 Å². The summed E-state index contributed by atoms with van der Waals surface area (Å²) in [5.74, 6) is 0. The molecule has 4 nitrogen and oxygen atoms in total. The van der Waals surface area contributed by atoms with E-state index in [-0.39, 0.29) is 6.09 Å². The molecule has 1 atom stereocenters. The van der Waals surface area contributed by atoms with Crippen LogP contribution in [0.3, 0.4) is 0 Å². The maximum absolute atomic E-state index is 12.3. The van der Waals surface area contributed by atoms with Gasteiger partial charge in [-0.15, -0.1) is 0 Å². The van der Waals surface area contributed by atoms with Gasteiger partial charge in [0.15, 0.2) is 0 Å². The fourth-order valence-electron chi connectivity index (χ4n) is 3.39. The highest BCUT2D eigenvalue weighted by molar-refractivity contribution is 5.69. The van der Waals surface area contributed by atoms with Gasteiger partial charge in [-0.25, -0.2) is 4.79 Å². The lowest BCUT2D eigenvalue weighted by molar-refractivity contribution is 0.0232. The van der Waals surface area contributed by atoms with E-state index in [0.717, 1.165) is 25.9 Å². The van der Waals surface area contributed by atoms with Crippen LogP contribution >= 0.6 is 0 Å². The zero-order chi connectivity index (χ0) is 16.4. The molecule has 0 radical (unpaired) electrons. The summed E-state index contributed by atoms with van der Waals surface area (Å²) < 4.78 is 5.54. The summed E-state index contributed by atoms with van der Waals surface area (Å²) in [7, 11) is 0. The van der Waals surface area contributed by atoms with E-state index < -0.39 is 5.60 Å². The quantitative estimate of drug-likeness (QED) is 0.836. The maximum atomic E-state index is 12.3. The Morgan fingerprint density at radius 1 is 1.27 bits per heavy atom. The zero-order valence-corrected chi connectivity index (χ0v) is 15.1. The molecule has 1 N–H and O–H groups in total. The maximum Gasteiger partial charge on any atom is 0.410 e. The largest absolute Gasteiger partial charge is 0.444 e. The molecule has 0 bridgehead atoms. The Balaban J connectivity index is 1.76. The van der Waals surface area contributed by atoms with Crippen molar-refractivity contribution in [3.63, 3.8) is 0 Å². The van der Waals surface area contributed by atoms with E-state index in [1.807, 2.05) is 25.7 Å². The van der Waals surface area contributed by atoms with Gasteiger partial charge in [-0.3, -0.25) is 0 Å². The Labute approximate surface area is 136 Å². The molecule has 22 heavy (non-hydrogen) atoms. The van der Waals surface area contributed by atoms with Crippen molar-refractivity contribution in [2.24, 2.45) is 5.41 Å². The average Bonchev–Trinajstić information content (AvgIpc) is 3.15. The predicted molar refractivity (Wildman–Crippen MR) is 90.0 cm³/mol. The van der Waals surface area contributed by atoms with Gasteiger partial charge in [0.1, 0.15) is 5.60 Å². The molecule has 0 aliphatic heterocycles. The van der Waals surface area contributed by atoms with E-state index in [1.54, 1.807) is 0 Å². The SMILES string of the molecule is CC1(C)CCCC(NCCN(C(=O)OC(C)(C)C)C2CC2)C1. The summed E-state index contributed by atoms with van der Waals surface area (Å²) in [6.07, 6.45) is 7.23. The van der Waals surface area contributed by atoms with Gasteiger partial charge in [0.25, 0.3) is 0 Å². The molecule has 2 fully saturated rings. The number of nitrogens with one attached hydrogen (secondary N) is 1. The van der Waals surface area contributed by atoms with Crippen molar-refractivity contribution in [1.29, 1.82) is 0 Å². The normalized spacial score (nSPS) is 24.9. The van der Waals surface area contributed by atoms with Gasteiger partial charge in [0.05, 0.1) is 0 Å². The highest BCUT2D eigenvalue weighted by atomic mass is 16.6. The standard InChI is InChI=1S/C18H34N2O2/c1-17(2,3)22-16(21)20(15-8-9-15)12-11-19-14-7-6-10-18(4,5)13-14/h14-15,19H,6-13H2,1-5H3. The molecule has 1 amide bonds. The molecule has 2 rings (SSSR count). The van der Waals surface area contributed by atoms with E-state index in [4.69, 9.17) is 4.74 Å². The number of hydrogen-bond donors (Lipinski definition) is 1. The third-order valence-electron chi connectivity index (χ3n) is 4.61. The molecule has 128 valence electrons. The highest BCUT2D eigenvalue weighted by Crippen LogP contribution is 2.35. The second-order valence-corrected chi connectivity index (χ2v) is 8.82. The first-order valence-corrected chi connectivity index (χ1v) is 8.89. The van der Waals surface area contributed by atoms with Crippen LogP contribution in [-0.2, 0) is 4.74 Å². The Hall–Kier alpha value is -0.770. The second kappa shape index (κ2) is 6.77. The number of ether oxygens (including phenoxy) is 1. The fourth-order valence-corrected chi connectivity index (χ4v) is 3.39. The summed E-state index contributed by atoms with van der Waals surface area (Å²) in [5, 5.41) is 3.66. The van der Waals surface area contributed by atoms with Crippen molar-refractivity contribution >= 4 is 6.09 Å². The highest BCUT2D eigenvalue weighted by Gasteiger charge is 2.35. The first-order valence-electron chi connectivity index (χ1n) is 8.89. The van der Waals surface area contributed by atoms with Crippen molar-refractivity contribution in [2.75, 3.05) is 13.1 Å². The third-order valence-corrected chi connectivity index (χ3v) is 4.61. The van der Waals surface area contributed by atoms with E-state index in [0.29, 0.717) is 17.5 Å². The van der Waals surface area contributed by atoms with E-state index in [9.17, 15) is 4.79 Å². The van der Waals surface area contributed by atoms with Gasteiger partial charge in [0.2, 0.25) is 0 Å². The summed E-state index contributed by atoms with van der Waals surface area (Å²) >= 11 is 0. The first kappa shape index (κ1) is 17.6. The zero-order valence-electron chi connectivity index (χ0n) is 15.1. The van der Waals surface area contributed by atoms with Crippen LogP contribution in [0.5, 0.6) is 0 Å². The van der Waals surface area contributed by atoms with Crippen molar-refractivity contribution in [3.05, 3.63) is 0 Å². The first-order chi connectivity index (χ1) is 10.2. The molecule has 0 aromatic rings. The van der Waals surface area contributed by atoms with Crippen LogP contribution < -0.4 is 5.32 Å². The van der Waals surface area contributed by atoms with Crippen molar-refractivity contribution < 1.29 is 9.53 Å². The molecule has 0 aromatic carbocycles. The summed E-state index contributed by atoms with van der Waals surface area (Å²) in [4.78, 5) is 14.2. The number of hydrogen-bond acceptors (Lipinski definition) is 3. The number of amides is 1. The van der Waals surface area contributed by atoms with Gasteiger partial charge in [-0.2, -0.15) is 0 Å². The lowest BCUT2D eigenvalue weighted by Crippen LogP contribution is -2.45. The van der Waals surface area contributed by atoms with Crippen LogP contribution in [0.25, 0.3) is 0 Å². The molecule has 0 aromatic heterocycles. The monoisotopic (exact) mass is 310 g/mol. The predicted octanol–water partition coefficient (Wildman–Crippen LogP) is 3.94. The minimum absolute atomic E-state index is 0.152. The van der Waals surface area contributed by atoms with Gasteiger partial charge in [0, 0.05) is 25.2 Å². The van der Waals surface area contributed by atoms with Crippen molar-refractivity contribution in [3.8, 4) is 0 Å². The molecular weight excluding hydrogens is 276 g/mol. The van der Waals surface area contributed by atoms with E-state index in [2.05, 4.69) is 19.2 Å². The molecule has 2 aliphatic rings. The Morgan fingerprint density at radius 2 is 1.95 bits per heavy atom. The molecule has 2 aliphatic carbocycles. The molecule has 0 saturated heterocycles. The van der Waals surface area contributed by atoms with Crippen molar-refractivity contribution in [1.82, 2.24) is 10.2 Å². The average molecular weight is 310 g/mol. The fraction of sp³-hybridized carbons (Fsp3) is 0.944. The van der Waals surface area contributed by atoms with Crippen molar-refractivity contribution in [2.45, 2.75) is 90.8 Å². The Kier molecular flexibility index (Phi) is 5.41. The number of rotatable bonds is 5. The summed E-state index contributed by atoms with van der Waals surface area (Å²) in [6, 6.07) is 1.00. The molecule has 1 unspecified atom stereocenters. The Morgan fingerprint density at radius 3 is 2.50 bits per heavy atom. The summed E-state index contributed by atoms with van der Waals surface area (Å²) in [5.41, 5.74) is 0.0440. The van der Waals surface area contributed by atoms with Crippen LogP contribution in [0.2, 0.25) is 0 Å². The minimum Gasteiger partial charge on any atom is -0.444 e. The lowest BCUT2D eigenvalue weighted by Gasteiger charge is -2.36. The van der Waals surface area contributed by atoms with E-state index >= 15 is 0 Å². The van der Waals surface area contributed by atoms with Gasteiger partial charge < -0.3 is 15.0 Å². The molecule has 4 heteroatoms. The lowest BCUT2D eigenvalue weighted by atomic mass is 9.75. The topological polar surface area (TPSA) is 41.6 Å². The van der Waals surface area contributed by atoms with Gasteiger partial charge in [-0.1, -0.05) is 20.3 Å². The molecule has 0 heterocycles. The number of nitrogens with zero attached hydrogens (tertiary/aromatic N) is 1. The van der Waals surface area contributed by atoms with Crippen LogP contribution in [0, 0.1) is 5.41 Å². The number of carbonyl (C=O) groups excluding carboxylic acids is 1. The molecule has 2 saturated carbocycles. The van der Waals surface area contributed by atoms with Gasteiger partial charge >= 0.3 is 6.09 Å². The molecular formula is C18H34N2O2. The van der Waals surface area contributed by atoms with Crippen LogP contribution in [0.1, 0.15) is 73.1 Å². The second-order valence-electron chi connectivity index (χ2n) is 8.82. The smallest absolute Gasteiger partial charge is 0.410 e. The summed E-state index contributed by atoms with van der Waals surface area (Å²) in [6.45, 7) is 12.1. The third kappa shape index (κ3) is 5.79.